The van der Waals surface area contributed by atoms with Gasteiger partial charge in [-0.3, -0.25) is 14.5 Å². The first-order chi connectivity index (χ1) is 20.9. The van der Waals surface area contributed by atoms with Gasteiger partial charge in [0.05, 0.1) is 23.0 Å². The van der Waals surface area contributed by atoms with Crippen molar-refractivity contribution in [2.75, 3.05) is 4.90 Å². The van der Waals surface area contributed by atoms with Crippen molar-refractivity contribution in [3.8, 4) is 11.3 Å². The number of nitrogens with zero attached hydrogens (tertiary/aromatic N) is 1. The van der Waals surface area contributed by atoms with E-state index in [0.717, 1.165) is 44.5 Å². The molecule has 5 aromatic rings. The standard InChI is InChI=1S/C39H37BrN2O2/c1-38(2,3)25-20-21-26-29(22-25)33(43)23-30(39(4,5)6)35(26)42(37(44)27-16-10-12-18-31(27)40)36-28-17-11-13-19-32(28)41-34(36)24-14-8-7-9-15-24/h7-23,35,41H,1-6H3. The van der Waals surface area contributed by atoms with Gasteiger partial charge in [-0.15, -0.1) is 0 Å². The van der Waals surface area contributed by atoms with Gasteiger partial charge in [0.1, 0.15) is 0 Å². The normalized spacial score (nSPS) is 15.2. The van der Waals surface area contributed by atoms with E-state index in [1.807, 2.05) is 71.6 Å². The van der Waals surface area contributed by atoms with E-state index >= 15 is 4.79 Å². The number of nitrogens with one attached hydrogen (secondary N) is 1. The zero-order chi connectivity index (χ0) is 31.4. The van der Waals surface area contributed by atoms with Crippen LogP contribution in [0.1, 0.15) is 79.4 Å². The van der Waals surface area contributed by atoms with E-state index < -0.39 is 11.5 Å². The minimum Gasteiger partial charge on any atom is -0.353 e. The topological polar surface area (TPSA) is 53.2 Å². The summed E-state index contributed by atoms with van der Waals surface area (Å²) in [5.74, 6) is -0.178. The summed E-state index contributed by atoms with van der Waals surface area (Å²) in [5, 5.41) is 0.935. The molecule has 1 heterocycles. The molecule has 0 aliphatic heterocycles. The third-order valence-electron chi connectivity index (χ3n) is 8.49. The number of ketones is 1. The summed E-state index contributed by atoms with van der Waals surface area (Å²) in [6, 6.07) is 31.5. The smallest absolute Gasteiger partial charge is 0.260 e. The average molecular weight is 646 g/mol. The Morgan fingerprint density at radius 2 is 1.45 bits per heavy atom. The van der Waals surface area contributed by atoms with Gasteiger partial charge >= 0.3 is 0 Å². The molecule has 0 spiro atoms. The highest BCUT2D eigenvalue weighted by Crippen LogP contribution is 2.50. The second-order valence-electron chi connectivity index (χ2n) is 13.6. The number of H-pyrrole nitrogens is 1. The van der Waals surface area contributed by atoms with Crippen molar-refractivity contribution < 1.29 is 9.59 Å². The lowest BCUT2D eigenvalue weighted by Gasteiger charge is -2.42. The Balaban J connectivity index is 1.73. The Kier molecular flexibility index (Phi) is 7.49. The number of carbonyl (C=O) groups is 2. The van der Waals surface area contributed by atoms with E-state index in [9.17, 15) is 4.79 Å². The monoisotopic (exact) mass is 644 g/mol. The van der Waals surface area contributed by atoms with Crippen LogP contribution < -0.4 is 4.90 Å². The van der Waals surface area contributed by atoms with Gasteiger partial charge < -0.3 is 4.98 Å². The van der Waals surface area contributed by atoms with Gasteiger partial charge in [0, 0.05) is 26.5 Å². The molecule has 0 radical (unpaired) electrons. The fourth-order valence-corrected chi connectivity index (χ4v) is 6.60. The highest BCUT2D eigenvalue weighted by atomic mass is 79.9. The summed E-state index contributed by atoms with van der Waals surface area (Å²) in [6.07, 6.45) is 1.77. The van der Waals surface area contributed by atoms with E-state index in [0.29, 0.717) is 15.6 Å². The SMILES string of the molecule is CC(C)(C)C1=CC(=O)c2cc(C(C)(C)C)ccc2C1N(C(=O)c1ccccc1Br)c1c(-c2ccccc2)[nH]c2ccccc12. The number of para-hydroxylation sites is 1. The van der Waals surface area contributed by atoms with Crippen LogP contribution in [0.3, 0.4) is 0 Å². The molecule has 0 bridgehead atoms. The third-order valence-corrected chi connectivity index (χ3v) is 9.18. The van der Waals surface area contributed by atoms with Crippen LogP contribution in [-0.2, 0) is 5.41 Å². The fourth-order valence-electron chi connectivity index (χ4n) is 6.15. The number of amides is 1. The number of halogens is 1. The first kappa shape index (κ1) is 29.8. The molecule has 0 saturated carbocycles. The van der Waals surface area contributed by atoms with Crippen molar-refractivity contribution in [2.45, 2.75) is 53.0 Å². The first-order valence-corrected chi connectivity index (χ1v) is 15.8. The molecule has 5 heteroatoms. The van der Waals surface area contributed by atoms with Crippen LogP contribution in [-0.4, -0.2) is 16.7 Å². The molecule has 1 atom stereocenters. The lowest BCUT2D eigenvalue weighted by molar-refractivity contribution is 0.0969. The molecule has 4 nitrogen and oxygen atoms in total. The molecule has 1 unspecified atom stereocenters. The maximum atomic E-state index is 15.2. The molecule has 0 saturated heterocycles. The zero-order valence-corrected chi connectivity index (χ0v) is 27.6. The number of aromatic nitrogens is 1. The molecular weight excluding hydrogens is 608 g/mol. The van der Waals surface area contributed by atoms with Crippen LogP contribution >= 0.6 is 15.9 Å². The van der Waals surface area contributed by atoms with Gasteiger partial charge in [0.2, 0.25) is 0 Å². The Hall–Kier alpha value is -4.22. The quantitative estimate of drug-likeness (QED) is 0.212. The Morgan fingerprint density at radius 1 is 0.795 bits per heavy atom. The minimum atomic E-state index is -0.530. The molecule has 44 heavy (non-hydrogen) atoms. The van der Waals surface area contributed by atoms with E-state index in [1.165, 1.54) is 0 Å². The number of rotatable bonds is 4. The molecule has 1 aliphatic carbocycles. The maximum absolute atomic E-state index is 15.2. The third kappa shape index (κ3) is 5.24. The van der Waals surface area contributed by atoms with Crippen molar-refractivity contribution in [3.05, 3.63) is 135 Å². The lowest BCUT2D eigenvalue weighted by atomic mass is 9.72. The van der Waals surface area contributed by atoms with Gasteiger partial charge in [-0.2, -0.15) is 0 Å². The highest BCUT2D eigenvalue weighted by molar-refractivity contribution is 9.10. The van der Waals surface area contributed by atoms with Gasteiger partial charge in [-0.1, -0.05) is 114 Å². The van der Waals surface area contributed by atoms with E-state index in [2.05, 4.69) is 92.8 Å². The number of allylic oxidation sites excluding steroid dienone is 1. The van der Waals surface area contributed by atoms with Crippen LogP contribution in [0.4, 0.5) is 5.69 Å². The second kappa shape index (κ2) is 11.0. The van der Waals surface area contributed by atoms with E-state index in [1.54, 1.807) is 6.08 Å². The Morgan fingerprint density at radius 3 is 2.14 bits per heavy atom. The number of carbonyl (C=O) groups excluding carboxylic acids is 2. The summed E-state index contributed by atoms with van der Waals surface area (Å²) >= 11 is 3.67. The fraction of sp³-hybridized carbons (Fsp3) is 0.231. The average Bonchev–Trinajstić information content (AvgIpc) is 3.37. The number of fused-ring (bicyclic) bond motifs is 2. The van der Waals surface area contributed by atoms with Gasteiger partial charge in [0.25, 0.3) is 5.91 Å². The van der Waals surface area contributed by atoms with Crippen molar-refractivity contribution in [1.29, 1.82) is 0 Å². The van der Waals surface area contributed by atoms with Gasteiger partial charge in [0.15, 0.2) is 5.78 Å². The van der Waals surface area contributed by atoms with Crippen molar-refractivity contribution in [2.24, 2.45) is 5.41 Å². The molecule has 1 amide bonds. The molecule has 1 aliphatic rings. The van der Waals surface area contributed by atoms with Crippen LogP contribution in [0, 0.1) is 5.41 Å². The molecule has 222 valence electrons. The predicted molar refractivity (Wildman–Crippen MR) is 184 cm³/mol. The van der Waals surface area contributed by atoms with Crippen molar-refractivity contribution in [1.82, 2.24) is 4.98 Å². The van der Waals surface area contributed by atoms with Crippen LogP contribution in [0.15, 0.2) is 113 Å². The van der Waals surface area contributed by atoms with Gasteiger partial charge in [-0.25, -0.2) is 0 Å². The lowest BCUT2D eigenvalue weighted by Crippen LogP contribution is -2.41. The van der Waals surface area contributed by atoms with Crippen molar-refractivity contribution in [3.63, 3.8) is 0 Å². The second-order valence-corrected chi connectivity index (χ2v) is 14.4. The molecule has 4 aromatic carbocycles. The summed E-state index contributed by atoms with van der Waals surface area (Å²) < 4.78 is 0.715. The van der Waals surface area contributed by atoms with Crippen molar-refractivity contribution >= 4 is 44.2 Å². The van der Waals surface area contributed by atoms with Crippen LogP contribution in [0.25, 0.3) is 22.2 Å². The maximum Gasteiger partial charge on any atom is 0.260 e. The van der Waals surface area contributed by atoms with Crippen LogP contribution in [0.5, 0.6) is 0 Å². The highest BCUT2D eigenvalue weighted by Gasteiger charge is 2.42. The predicted octanol–water partition coefficient (Wildman–Crippen LogP) is 10.5. The van der Waals surface area contributed by atoms with Gasteiger partial charge in [-0.05, 0) is 73.8 Å². The zero-order valence-electron chi connectivity index (χ0n) is 26.0. The minimum absolute atomic E-state index is 0.0252. The molecular formula is C39H37BrN2O2. The number of anilines is 1. The number of aromatic amines is 1. The number of hydrogen-bond acceptors (Lipinski definition) is 2. The van der Waals surface area contributed by atoms with E-state index in [4.69, 9.17) is 0 Å². The largest absolute Gasteiger partial charge is 0.353 e. The molecule has 0 fully saturated rings. The first-order valence-electron chi connectivity index (χ1n) is 15.0. The number of hydrogen-bond donors (Lipinski definition) is 1. The Bertz CT molecular complexity index is 1940. The summed E-state index contributed by atoms with van der Waals surface area (Å²) in [6.45, 7) is 12.8. The molecule has 1 aromatic heterocycles. The Labute approximate surface area is 267 Å². The summed E-state index contributed by atoms with van der Waals surface area (Å²) in [7, 11) is 0. The van der Waals surface area contributed by atoms with Crippen LogP contribution in [0.2, 0.25) is 0 Å². The van der Waals surface area contributed by atoms with E-state index in [-0.39, 0.29) is 17.1 Å². The molecule has 6 rings (SSSR count). The molecule has 1 N–H and O–H groups in total. The summed E-state index contributed by atoms with van der Waals surface area (Å²) in [4.78, 5) is 34.6. The summed E-state index contributed by atoms with van der Waals surface area (Å²) in [5.41, 5.74) is 6.99. The number of benzene rings is 4.